The van der Waals surface area contributed by atoms with Crippen LogP contribution in [0.4, 0.5) is 0 Å². The zero-order valence-electron chi connectivity index (χ0n) is 14.9. The van der Waals surface area contributed by atoms with Crippen LogP contribution in [0.1, 0.15) is 23.0 Å². The molecule has 0 aromatic carbocycles. The van der Waals surface area contributed by atoms with Crippen LogP contribution in [0.15, 0.2) is 32.6 Å². The van der Waals surface area contributed by atoms with Gasteiger partial charge in [0.05, 0.1) is 33.9 Å². The molecule has 1 saturated heterocycles. The number of aromatic nitrogens is 1. The Bertz CT molecular complexity index is 1100. The normalized spacial score (nSPS) is 37.0. The molecule has 2 aliphatic carbocycles. The molecule has 3 fully saturated rings. The molecular formula is C19H16N2O6S2. The number of nitrogens with zero attached hydrogens (tertiary/aromatic N) is 1. The second kappa shape index (κ2) is 5.85. The van der Waals surface area contributed by atoms with Crippen LogP contribution in [0.25, 0.3) is 0 Å². The first-order chi connectivity index (χ1) is 14.0. The number of amides is 2. The lowest BCUT2D eigenvalue weighted by Gasteiger charge is -2.42. The van der Waals surface area contributed by atoms with E-state index in [2.05, 4.69) is 4.98 Å². The lowest BCUT2D eigenvalue weighted by molar-refractivity contribution is -0.149. The summed E-state index contributed by atoms with van der Waals surface area (Å²) in [4.78, 5) is 53.8. The van der Waals surface area contributed by atoms with Gasteiger partial charge in [0, 0.05) is 5.25 Å². The van der Waals surface area contributed by atoms with Gasteiger partial charge in [-0.15, -0.1) is 11.8 Å². The van der Waals surface area contributed by atoms with Crippen LogP contribution in [0.2, 0.25) is 0 Å². The van der Waals surface area contributed by atoms with E-state index in [-0.39, 0.29) is 45.6 Å². The van der Waals surface area contributed by atoms with E-state index < -0.39 is 24.3 Å². The summed E-state index contributed by atoms with van der Waals surface area (Å²) in [5.74, 6) is -2.16. The highest BCUT2D eigenvalue weighted by atomic mass is 32.2. The monoisotopic (exact) mass is 432 g/mol. The maximum absolute atomic E-state index is 13.0. The van der Waals surface area contributed by atoms with E-state index >= 15 is 0 Å². The highest BCUT2D eigenvalue weighted by Crippen LogP contribution is 2.68. The first kappa shape index (κ1) is 17.5. The molecule has 4 aliphatic rings. The minimum atomic E-state index is -1.18. The van der Waals surface area contributed by atoms with Gasteiger partial charge in [-0.1, -0.05) is 11.3 Å². The fourth-order valence-electron chi connectivity index (χ4n) is 6.16. The van der Waals surface area contributed by atoms with Gasteiger partial charge < -0.3 is 14.5 Å². The highest BCUT2D eigenvalue weighted by molar-refractivity contribution is 8.00. The Balaban J connectivity index is 1.45. The fourth-order valence-corrected chi connectivity index (χ4v) is 9.03. The molecule has 150 valence electrons. The molecule has 0 spiro atoms. The number of rotatable bonds is 3. The van der Waals surface area contributed by atoms with Crippen molar-refractivity contribution in [2.75, 3.05) is 6.54 Å². The molecule has 2 aliphatic heterocycles. The molecule has 29 heavy (non-hydrogen) atoms. The van der Waals surface area contributed by atoms with Crippen molar-refractivity contribution in [1.29, 1.82) is 0 Å². The number of imide groups is 1. The molecule has 8 nitrogen and oxygen atoms in total. The Morgan fingerprint density at radius 2 is 2.00 bits per heavy atom. The molecule has 6 rings (SSSR count). The van der Waals surface area contributed by atoms with Gasteiger partial charge in [0.1, 0.15) is 12.3 Å². The van der Waals surface area contributed by atoms with Crippen molar-refractivity contribution >= 4 is 40.9 Å². The van der Waals surface area contributed by atoms with E-state index in [4.69, 9.17) is 9.52 Å². The van der Waals surface area contributed by atoms with Crippen LogP contribution >= 0.6 is 23.1 Å². The standard InChI is InChI=1S/C19H16N2O6S2/c22-9(23)5-21-17(24)11-6-4-7(12(11)18(21)25)14-10(6)13(8-2-1-3-27-8)15-16(28-14)20-19(26)29-15/h1-3,6-7,10-14H,4-5H2,(H,20,26)(H,22,23)/t6-,7-,10-,11+,12+,13-,14-/m1/s1. The van der Waals surface area contributed by atoms with Gasteiger partial charge in [0.2, 0.25) is 11.8 Å². The number of furan rings is 1. The largest absolute Gasteiger partial charge is 0.480 e. The number of aromatic amines is 1. The zero-order chi connectivity index (χ0) is 20.0. The van der Waals surface area contributed by atoms with Crippen molar-refractivity contribution in [2.24, 2.45) is 29.6 Å². The third-order valence-electron chi connectivity index (χ3n) is 6.96. The van der Waals surface area contributed by atoms with E-state index in [0.29, 0.717) is 0 Å². The van der Waals surface area contributed by atoms with E-state index in [1.807, 2.05) is 12.1 Å². The summed E-state index contributed by atoms with van der Waals surface area (Å²) < 4.78 is 5.73. The second-order valence-electron chi connectivity index (χ2n) is 8.13. The number of carboxylic acids is 1. The SMILES string of the molecule is O=C(O)CN1C(=O)[C@H]2[C@H]3C[C@@H]([C@@H]2C1=O)[C@@H]1[C@@H](c2ccco2)c2sc(=O)[nH]c2S[C@H]31. The molecule has 7 atom stereocenters. The van der Waals surface area contributed by atoms with Gasteiger partial charge in [-0.05, 0) is 36.3 Å². The fraction of sp³-hybridized carbons (Fsp3) is 0.474. The van der Waals surface area contributed by atoms with Crippen LogP contribution in [-0.4, -0.2) is 44.6 Å². The Morgan fingerprint density at radius 3 is 2.69 bits per heavy atom. The number of thiazole rings is 1. The quantitative estimate of drug-likeness (QED) is 0.707. The van der Waals surface area contributed by atoms with Crippen molar-refractivity contribution in [3.05, 3.63) is 38.7 Å². The van der Waals surface area contributed by atoms with E-state index in [1.165, 1.54) is 11.3 Å². The number of fused-ring (bicyclic) bond motifs is 9. The Morgan fingerprint density at radius 1 is 1.24 bits per heavy atom. The number of aliphatic carboxylic acids is 1. The van der Waals surface area contributed by atoms with Crippen LogP contribution in [0.5, 0.6) is 0 Å². The summed E-state index contributed by atoms with van der Waals surface area (Å²) in [6.45, 7) is -0.575. The average Bonchev–Trinajstić information content (AvgIpc) is 3.45. The van der Waals surface area contributed by atoms with E-state index in [9.17, 15) is 19.2 Å². The maximum atomic E-state index is 13.0. The van der Waals surface area contributed by atoms with Crippen molar-refractivity contribution in [3.8, 4) is 0 Å². The van der Waals surface area contributed by atoms with Crippen LogP contribution in [-0.2, 0) is 14.4 Å². The highest BCUT2D eigenvalue weighted by Gasteiger charge is 2.69. The summed E-state index contributed by atoms with van der Waals surface area (Å²) in [6.07, 6.45) is 2.38. The second-order valence-corrected chi connectivity index (χ2v) is 10.3. The average molecular weight is 432 g/mol. The van der Waals surface area contributed by atoms with Crippen LogP contribution < -0.4 is 4.87 Å². The summed E-state index contributed by atoms with van der Waals surface area (Å²) in [6, 6.07) is 3.71. The molecule has 2 N–H and O–H groups in total. The number of carboxylic acid groups (broad SMARTS) is 1. The van der Waals surface area contributed by atoms with Crippen molar-refractivity contribution < 1.29 is 23.9 Å². The minimum absolute atomic E-state index is 0.00995. The third-order valence-corrected chi connectivity index (χ3v) is 9.55. The summed E-state index contributed by atoms with van der Waals surface area (Å²) in [7, 11) is 0. The molecule has 2 aromatic heterocycles. The first-order valence-corrected chi connectivity index (χ1v) is 11.2. The number of hydrogen-bond acceptors (Lipinski definition) is 7. The lowest BCUT2D eigenvalue weighted by Crippen LogP contribution is -2.42. The third kappa shape index (κ3) is 2.21. The molecule has 2 aromatic rings. The topological polar surface area (TPSA) is 121 Å². The lowest BCUT2D eigenvalue weighted by atomic mass is 9.69. The number of nitrogens with one attached hydrogen (secondary N) is 1. The number of likely N-dealkylation sites (tertiary alicyclic amines) is 1. The summed E-state index contributed by atoms with van der Waals surface area (Å²) in [5.41, 5.74) is 0. The molecule has 0 unspecified atom stereocenters. The van der Waals surface area contributed by atoms with Gasteiger partial charge in [-0.25, -0.2) is 0 Å². The minimum Gasteiger partial charge on any atom is -0.480 e. The number of carbonyl (C=O) groups is 3. The molecule has 0 radical (unpaired) electrons. The van der Waals surface area contributed by atoms with Gasteiger partial charge in [0.15, 0.2) is 0 Å². The van der Waals surface area contributed by atoms with Gasteiger partial charge in [-0.3, -0.25) is 24.1 Å². The van der Waals surface area contributed by atoms with Crippen molar-refractivity contribution in [3.63, 3.8) is 0 Å². The smallest absolute Gasteiger partial charge is 0.323 e. The number of carbonyl (C=O) groups excluding carboxylic acids is 2. The zero-order valence-corrected chi connectivity index (χ0v) is 16.6. The number of hydrogen-bond donors (Lipinski definition) is 2. The van der Waals surface area contributed by atoms with E-state index in [1.54, 1.807) is 18.0 Å². The van der Waals surface area contributed by atoms with Gasteiger partial charge >= 0.3 is 10.8 Å². The Hall–Kier alpha value is -2.33. The number of H-pyrrole nitrogens is 1. The molecule has 2 amide bonds. The molecule has 2 saturated carbocycles. The Labute approximate surface area is 172 Å². The summed E-state index contributed by atoms with van der Waals surface area (Å²) >= 11 is 2.77. The predicted octanol–water partition coefficient (Wildman–Crippen LogP) is 1.59. The van der Waals surface area contributed by atoms with Crippen LogP contribution in [0, 0.1) is 29.6 Å². The number of thioether (sulfide) groups is 1. The first-order valence-electron chi connectivity index (χ1n) is 9.45. The van der Waals surface area contributed by atoms with E-state index in [0.717, 1.165) is 27.0 Å². The summed E-state index contributed by atoms with van der Waals surface area (Å²) in [5, 5.41) is 10.0. The molecule has 4 heterocycles. The molecular weight excluding hydrogens is 416 g/mol. The molecule has 10 heteroatoms. The van der Waals surface area contributed by atoms with Crippen molar-refractivity contribution in [2.45, 2.75) is 22.6 Å². The maximum Gasteiger partial charge on any atom is 0.323 e. The Kier molecular flexibility index (Phi) is 3.54. The van der Waals surface area contributed by atoms with Crippen LogP contribution in [0.3, 0.4) is 0 Å². The van der Waals surface area contributed by atoms with Crippen molar-refractivity contribution in [1.82, 2.24) is 9.88 Å². The van der Waals surface area contributed by atoms with Gasteiger partial charge in [0.25, 0.3) is 0 Å². The van der Waals surface area contributed by atoms with Gasteiger partial charge in [-0.2, -0.15) is 0 Å². The molecule has 2 bridgehead atoms. The predicted molar refractivity (Wildman–Crippen MR) is 102 cm³/mol.